The summed E-state index contributed by atoms with van der Waals surface area (Å²) in [6, 6.07) is 11.1. The topological polar surface area (TPSA) is 45.0 Å². The molecule has 1 N–H and O–H groups in total. The molecule has 2 rings (SSSR count). The molecule has 0 saturated carbocycles. The van der Waals surface area contributed by atoms with Gasteiger partial charge < -0.3 is 10.1 Å². The summed E-state index contributed by atoms with van der Waals surface area (Å²) in [4.78, 5) is 0. The number of hydrogen-bond acceptors (Lipinski definition) is 3. The molecular weight excluding hydrogens is 342 g/mol. The van der Waals surface area contributed by atoms with Crippen LogP contribution in [0.3, 0.4) is 0 Å². The van der Waals surface area contributed by atoms with Gasteiger partial charge in [-0.25, -0.2) is 8.78 Å². The SMILES string of the molecule is N#CCOc1cccc(CNc2cc(F)c(Br)cc2F)c1. The van der Waals surface area contributed by atoms with E-state index in [1.54, 1.807) is 18.2 Å². The van der Waals surface area contributed by atoms with Gasteiger partial charge in [0.15, 0.2) is 6.61 Å². The minimum atomic E-state index is -0.542. The number of halogens is 3. The minimum absolute atomic E-state index is 0.0383. The number of nitriles is 1. The molecule has 21 heavy (non-hydrogen) atoms. The van der Waals surface area contributed by atoms with Crippen LogP contribution >= 0.6 is 15.9 Å². The molecule has 2 aromatic carbocycles. The lowest BCUT2D eigenvalue weighted by Gasteiger charge is -2.10. The Kier molecular flexibility index (Phi) is 5.12. The number of rotatable bonds is 5. The van der Waals surface area contributed by atoms with Crippen LogP contribution in [0.15, 0.2) is 40.9 Å². The number of anilines is 1. The molecule has 108 valence electrons. The molecule has 3 nitrogen and oxygen atoms in total. The Morgan fingerprint density at radius 3 is 2.76 bits per heavy atom. The average molecular weight is 353 g/mol. The molecular formula is C15H11BrF2N2O. The lowest BCUT2D eigenvalue weighted by atomic mass is 10.2. The molecule has 6 heteroatoms. The summed E-state index contributed by atoms with van der Waals surface area (Å²) in [5.41, 5.74) is 0.909. The van der Waals surface area contributed by atoms with Crippen LogP contribution in [0.4, 0.5) is 14.5 Å². The van der Waals surface area contributed by atoms with Crippen molar-refractivity contribution in [3.63, 3.8) is 0 Å². The van der Waals surface area contributed by atoms with Crippen molar-refractivity contribution in [2.24, 2.45) is 0 Å². The monoisotopic (exact) mass is 352 g/mol. The lowest BCUT2D eigenvalue weighted by molar-refractivity contribution is 0.368. The smallest absolute Gasteiger partial charge is 0.174 e. The molecule has 0 spiro atoms. The predicted molar refractivity (Wildman–Crippen MR) is 78.9 cm³/mol. The van der Waals surface area contributed by atoms with E-state index in [9.17, 15) is 8.78 Å². The van der Waals surface area contributed by atoms with E-state index in [2.05, 4.69) is 21.2 Å². The standard InChI is InChI=1S/C15H11BrF2N2O/c16-12-7-14(18)15(8-13(12)17)20-9-10-2-1-3-11(6-10)21-5-4-19/h1-3,6-8,20H,5,9H2. The first kappa shape index (κ1) is 15.3. The first-order valence-corrected chi connectivity index (χ1v) is 6.86. The highest BCUT2D eigenvalue weighted by atomic mass is 79.9. The Morgan fingerprint density at radius 2 is 2.00 bits per heavy atom. The van der Waals surface area contributed by atoms with E-state index in [1.165, 1.54) is 0 Å². The number of hydrogen-bond donors (Lipinski definition) is 1. The van der Waals surface area contributed by atoms with Gasteiger partial charge >= 0.3 is 0 Å². The largest absolute Gasteiger partial charge is 0.479 e. The van der Waals surface area contributed by atoms with Crippen LogP contribution in [0.25, 0.3) is 0 Å². The summed E-state index contributed by atoms with van der Waals surface area (Å²) < 4.78 is 32.3. The Balaban J connectivity index is 2.06. The van der Waals surface area contributed by atoms with E-state index >= 15 is 0 Å². The summed E-state index contributed by atoms with van der Waals surface area (Å²) >= 11 is 2.92. The van der Waals surface area contributed by atoms with Gasteiger partial charge in [0, 0.05) is 12.6 Å². The van der Waals surface area contributed by atoms with Gasteiger partial charge in [0.2, 0.25) is 0 Å². The maximum absolute atomic E-state index is 13.7. The first-order chi connectivity index (χ1) is 10.1. The Labute approximate surface area is 129 Å². The zero-order valence-electron chi connectivity index (χ0n) is 10.9. The Bertz CT molecular complexity index is 686. The zero-order chi connectivity index (χ0) is 15.2. The van der Waals surface area contributed by atoms with Crippen molar-refractivity contribution in [1.29, 1.82) is 5.26 Å². The molecule has 0 fully saturated rings. The van der Waals surface area contributed by atoms with Crippen LogP contribution in [-0.2, 0) is 6.54 Å². The summed E-state index contributed by atoms with van der Waals surface area (Å²) in [7, 11) is 0. The van der Waals surface area contributed by atoms with Gasteiger partial charge in [0.05, 0.1) is 10.2 Å². The molecule has 0 aliphatic rings. The van der Waals surface area contributed by atoms with Crippen LogP contribution < -0.4 is 10.1 Å². The first-order valence-electron chi connectivity index (χ1n) is 6.07. The van der Waals surface area contributed by atoms with E-state index in [-0.39, 0.29) is 16.8 Å². The van der Waals surface area contributed by atoms with Crippen molar-refractivity contribution >= 4 is 21.6 Å². The molecule has 0 radical (unpaired) electrons. The summed E-state index contributed by atoms with van der Waals surface area (Å²) in [6.07, 6.45) is 0. The van der Waals surface area contributed by atoms with Crippen molar-refractivity contribution in [2.45, 2.75) is 6.54 Å². The predicted octanol–water partition coefficient (Wildman–Crippen LogP) is 4.24. The van der Waals surface area contributed by atoms with Gasteiger partial charge in [-0.3, -0.25) is 0 Å². The van der Waals surface area contributed by atoms with Crippen LogP contribution in [-0.4, -0.2) is 6.61 Å². The van der Waals surface area contributed by atoms with Gasteiger partial charge in [0.25, 0.3) is 0 Å². The third kappa shape index (κ3) is 4.17. The molecule has 0 unspecified atom stereocenters. The number of ether oxygens (including phenoxy) is 1. The highest BCUT2D eigenvalue weighted by Gasteiger charge is 2.08. The second-order valence-corrected chi connectivity index (χ2v) is 5.05. The maximum Gasteiger partial charge on any atom is 0.174 e. The highest BCUT2D eigenvalue weighted by Crippen LogP contribution is 2.24. The van der Waals surface area contributed by atoms with E-state index in [0.717, 1.165) is 17.7 Å². The van der Waals surface area contributed by atoms with Crippen LogP contribution in [0.5, 0.6) is 5.75 Å². The summed E-state index contributed by atoms with van der Waals surface area (Å²) in [5, 5.41) is 11.3. The molecule has 0 saturated heterocycles. The molecule has 0 aromatic heterocycles. The van der Waals surface area contributed by atoms with Crippen molar-refractivity contribution in [3.05, 3.63) is 58.1 Å². The second-order valence-electron chi connectivity index (χ2n) is 4.19. The van der Waals surface area contributed by atoms with Crippen molar-refractivity contribution in [3.8, 4) is 11.8 Å². The van der Waals surface area contributed by atoms with Crippen molar-refractivity contribution in [2.75, 3.05) is 11.9 Å². The molecule has 0 heterocycles. The van der Waals surface area contributed by atoms with Gasteiger partial charge in [-0.2, -0.15) is 5.26 Å². The molecule has 0 bridgehead atoms. The van der Waals surface area contributed by atoms with Crippen LogP contribution in [0, 0.1) is 23.0 Å². The van der Waals surface area contributed by atoms with E-state index in [1.807, 2.05) is 12.1 Å². The fourth-order valence-electron chi connectivity index (χ4n) is 1.72. The molecule has 0 aliphatic carbocycles. The summed E-state index contributed by atoms with van der Waals surface area (Å²) in [5.74, 6) is -0.525. The maximum atomic E-state index is 13.7. The number of nitrogens with zero attached hydrogens (tertiary/aromatic N) is 1. The highest BCUT2D eigenvalue weighted by molar-refractivity contribution is 9.10. The van der Waals surface area contributed by atoms with E-state index < -0.39 is 11.6 Å². The number of benzene rings is 2. The minimum Gasteiger partial charge on any atom is -0.479 e. The molecule has 2 aromatic rings. The molecule has 0 aliphatic heterocycles. The number of nitrogens with one attached hydrogen (secondary N) is 1. The normalized spacial score (nSPS) is 10.0. The van der Waals surface area contributed by atoms with E-state index in [0.29, 0.717) is 12.3 Å². The second kappa shape index (κ2) is 7.04. The van der Waals surface area contributed by atoms with Gasteiger partial charge in [0.1, 0.15) is 23.5 Å². The van der Waals surface area contributed by atoms with Crippen LogP contribution in [0.1, 0.15) is 5.56 Å². The fraction of sp³-hybridized carbons (Fsp3) is 0.133. The quantitative estimate of drug-likeness (QED) is 0.818. The van der Waals surface area contributed by atoms with Crippen LogP contribution in [0.2, 0.25) is 0 Å². The van der Waals surface area contributed by atoms with Gasteiger partial charge in [-0.05, 0) is 39.7 Å². The zero-order valence-corrected chi connectivity index (χ0v) is 12.5. The molecule has 0 atom stereocenters. The summed E-state index contributed by atoms with van der Waals surface area (Å²) in [6.45, 7) is 0.269. The van der Waals surface area contributed by atoms with Gasteiger partial charge in [-0.1, -0.05) is 12.1 Å². The Hall–Kier alpha value is -2.13. The fourth-order valence-corrected chi connectivity index (χ4v) is 2.03. The van der Waals surface area contributed by atoms with Crippen molar-refractivity contribution in [1.82, 2.24) is 0 Å². The van der Waals surface area contributed by atoms with Crippen molar-refractivity contribution < 1.29 is 13.5 Å². The third-order valence-electron chi connectivity index (χ3n) is 2.69. The lowest BCUT2D eigenvalue weighted by Crippen LogP contribution is -2.03. The van der Waals surface area contributed by atoms with E-state index in [4.69, 9.17) is 10.00 Å². The van der Waals surface area contributed by atoms with Gasteiger partial charge in [-0.15, -0.1) is 0 Å². The molecule has 0 amide bonds. The Morgan fingerprint density at radius 1 is 1.19 bits per heavy atom. The third-order valence-corrected chi connectivity index (χ3v) is 3.30. The average Bonchev–Trinajstić information content (AvgIpc) is 2.48.